The smallest absolute Gasteiger partial charge is 0.248 e. The number of nitrogens with zero attached hydrogens (tertiary/aromatic N) is 5. The standard InChI is InChI=1S/C17H11Cl2FN6S/c18-14-12(20)3-4-13(15(14)19)26-17(23-24-25-26)22-8-10-2-1-6-21-16(10)11-5-7-27-9-11/h1-7,9H,8H2,(H,22,23,25). The Morgan fingerprint density at radius 3 is 2.85 bits per heavy atom. The molecule has 0 amide bonds. The van der Waals surface area contributed by atoms with Gasteiger partial charge in [-0.3, -0.25) is 4.98 Å². The molecule has 0 aliphatic rings. The minimum absolute atomic E-state index is 0.0346. The van der Waals surface area contributed by atoms with Crippen molar-refractivity contribution in [3.05, 3.63) is 68.7 Å². The highest BCUT2D eigenvalue weighted by molar-refractivity contribution is 7.08. The van der Waals surface area contributed by atoms with Crippen LogP contribution in [0.4, 0.5) is 10.3 Å². The Morgan fingerprint density at radius 1 is 1.15 bits per heavy atom. The molecule has 0 unspecified atom stereocenters. The van der Waals surface area contributed by atoms with Crippen LogP contribution in [-0.4, -0.2) is 25.2 Å². The third kappa shape index (κ3) is 3.51. The second-order valence-electron chi connectivity index (χ2n) is 5.49. The molecule has 0 atom stereocenters. The van der Waals surface area contributed by atoms with E-state index in [1.165, 1.54) is 16.8 Å². The number of halogens is 3. The molecule has 0 spiro atoms. The molecule has 0 saturated heterocycles. The highest BCUT2D eigenvalue weighted by Gasteiger charge is 2.16. The summed E-state index contributed by atoms with van der Waals surface area (Å²) in [7, 11) is 0. The molecule has 0 saturated carbocycles. The van der Waals surface area contributed by atoms with Crippen LogP contribution in [0.3, 0.4) is 0 Å². The third-order valence-corrected chi connectivity index (χ3v) is 5.37. The molecule has 0 bridgehead atoms. The molecule has 27 heavy (non-hydrogen) atoms. The largest absolute Gasteiger partial charge is 0.349 e. The van der Waals surface area contributed by atoms with E-state index >= 15 is 0 Å². The molecule has 3 heterocycles. The van der Waals surface area contributed by atoms with Crippen LogP contribution in [0.25, 0.3) is 16.9 Å². The highest BCUT2D eigenvalue weighted by atomic mass is 35.5. The van der Waals surface area contributed by atoms with Gasteiger partial charge in [0.25, 0.3) is 0 Å². The number of anilines is 1. The molecular weight excluding hydrogens is 410 g/mol. The highest BCUT2D eigenvalue weighted by Crippen LogP contribution is 2.31. The van der Waals surface area contributed by atoms with Crippen LogP contribution in [0.1, 0.15) is 5.56 Å². The van der Waals surface area contributed by atoms with Crippen LogP contribution in [0, 0.1) is 5.82 Å². The van der Waals surface area contributed by atoms with Gasteiger partial charge in [-0.25, -0.2) is 4.39 Å². The fourth-order valence-electron chi connectivity index (χ4n) is 2.55. The number of nitrogens with one attached hydrogen (secondary N) is 1. The van der Waals surface area contributed by atoms with Gasteiger partial charge in [-0.2, -0.15) is 16.0 Å². The molecule has 6 nitrogen and oxygen atoms in total. The van der Waals surface area contributed by atoms with Gasteiger partial charge in [0.2, 0.25) is 5.95 Å². The van der Waals surface area contributed by atoms with Gasteiger partial charge in [0.15, 0.2) is 0 Å². The summed E-state index contributed by atoms with van der Waals surface area (Å²) in [5, 5.41) is 18.6. The number of thiophene rings is 1. The van der Waals surface area contributed by atoms with Crippen molar-refractivity contribution in [2.45, 2.75) is 6.54 Å². The predicted molar refractivity (Wildman–Crippen MR) is 104 cm³/mol. The lowest BCUT2D eigenvalue weighted by Gasteiger charge is -2.11. The van der Waals surface area contributed by atoms with Crippen LogP contribution in [0.2, 0.25) is 10.0 Å². The van der Waals surface area contributed by atoms with E-state index in [4.69, 9.17) is 23.2 Å². The summed E-state index contributed by atoms with van der Waals surface area (Å²) >= 11 is 13.6. The fourth-order valence-corrected chi connectivity index (χ4v) is 3.59. The molecule has 0 fully saturated rings. The van der Waals surface area contributed by atoms with E-state index in [-0.39, 0.29) is 10.0 Å². The number of benzene rings is 1. The van der Waals surface area contributed by atoms with Gasteiger partial charge >= 0.3 is 0 Å². The first kappa shape index (κ1) is 17.8. The Bertz CT molecular complexity index is 1080. The molecule has 1 aromatic carbocycles. The first-order valence-corrected chi connectivity index (χ1v) is 9.47. The van der Waals surface area contributed by atoms with Gasteiger partial charge in [-0.1, -0.05) is 34.4 Å². The summed E-state index contributed by atoms with van der Waals surface area (Å²) in [5.74, 6) is -0.261. The molecule has 0 aliphatic carbocycles. The first-order valence-electron chi connectivity index (χ1n) is 7.77. The van der Waals surface area contributed by atoms with Gasteiger partial charge in [-0.15, -0.1) is 0 Å². The second kappa shape index (κ2) is 7.59. The average Bonchev–Trinajstić information content (AvgIpc) is 3.37. The number of hydrogen-bond acceptors (Lipinski definition) is 6. The van der Waals surface area contributed by atoms with E-state index in [1.54, 1.807) is 17.5 Å². The summed E-state index contributed by atoms with van der Waals surface area (Å²) in [5.41, 5.74) is 3.28. The molecule has 4 rings (SSSR count). The van der Waals surface area contributed by atoms with Crippen molar-refractivity contribution in [2.75, 3.05) is 5.32 Å². The Morgan fingerprint density at radius 2 is 2.04 bits per heavy atom. The van der Waals surface area contributed by atoms with Crippen LogP contribution in [0.5, 0.6) is 0 Å². The molecular formula is C17H11Cl2FN6S. The Labute approximate surface area is 167 Å². The second-order valence-corrected chi connectivity index (χ2v) is 7.02. The van der Waals surface area contributed by atoms with Crippen molar-refractivity contribution in [2.24, 2.45) is 0 Å². The number of pyridine rings is 1. The van der Waals surface area contributed by atoms with E-state index in [0.717, 1.165) is 16.8 Å². The topological polar surface area (TPSA) is 68.5 Å². The quantitative estimate of drug-likeness (QED) is 0.467. The van der Waals surface area contributed by atoms with E-state index in [2.05, 4.69) is 25.8 Å². The van der Waals surface area contributed by atoms with Crippen LogP contribution in [0.15, 0.2) is 47.3 Å². The van der Waals surface area contributed by atoms with Crippen molar-refractivity contribution in [3.8, 4) is 16.9 Å². The predicted octanol–water partition coefficient (Wildman–Crippen LogP) is 4.84. The Hall–Kier alpha value is -2.55. The molecule has 10 heteroatoms. The molecule has 3 aromatic heterocycles. The molecule has 1 N–H and O–H groups in total. The summed E-state index contributed by atoms with van der Waals surface area (Å²) in [6.45, 7) is 0.436. The number of hydrogen-bond donors (Lipinski definition) is 1. The maximum absolute atomic E-state index is 13.6. The Kier molecular flexibility index (Phi) is 5.02. The average molecular weight is 421 g/mol. The minimum atomic E-state index is -0.608. The zero-order valence-corrected chi connectivity index (χ0v) is 15.9. The lowest BCUT2D eigenvalue weighted by atomic mass is 10.1. The number of tetrazole rings is 1. The maximum atomic E-state index is 13.6. The fraction of sp³-hybridized carbons (Fsp3) is 0.0588. The van der Waals surface area contributed by atoms with Gasteiger partial charge < -0.3 is 5.32 Å². The van der Waals surface area contributed by atoms with E-state index in [1.807, 2.05) is 29.0 Å². The van der Waals surface area contributed by atoms with E-state index in [0.29, 0.717) is 18.2 Å². The summed E-state index contributed by atoms with van der Waals surface area (Å²) in [6, 6.07) is 8.53. The third-order valence-electron chi connectivity index (χ3n) is 3.84. The molecule has 0 radical (unpaired) electrons. The summed E-state index contributed by atoms with van der Waals surface area (Å²) in [6.07, 6.45) is 1.75. The number of rotatable bonds is 5. The zero-order valence-electron chi connectivity index (χ0n) is 13.6. The van der Waals surface area contributed by atoms with Crippen LogP contribution >= 0.6 is 34.5 Å². The Balaban J connectivity index is 1.62. The SMILES string of the molecule is Fc1ccc(-n2nnnc2NCc2cccnc2-c2ccsc2)c(Cl)c1Cl. The minimum Gasteiger partial charge on any atom is -0.349 e. The van der Waals surface area contributed by atoms with Gasteiger partial charge in [0.05, 0.1) is 21.4 Å². The number of aromatic nitrogens is 5. The van der Waals surface area contributed by atoms with Crippen molar-refractivity contribution >= 4 is 40.5 Å². The maximum Gasteiger partial charge on any atom is 0.248 e. The molecule has 4 aromatic rings. The van der Waals surface area contributed by atoms with Crippen molar-refractivity contribution in [3.63, 3.8) is 0 Å². The zero-order chi connectivity index (χ0) is 18.8. The van der Waals surface area contributed by atoms with Crippen LogP contribution in [-0.2, 0) is 6.54 Å². The van der Waals surface area contributed by atoms with Gasteiger partial charge in [0.1, 0.15) is 5.82 Å². The van der Waals surface area contributed by atoms with Crippen LogP contribution < -0.4 is 5.32 Å². The molecule has 0 aliphatic heterocycles. The lowest BCUT2D eigenvalue weighted by molar-refractivity contribution is 0.627. The van der Waals surface area contributed by atoms with E-state index < -0.39 is 5.82 Å². The molecule has 136 valence electrons. The monoisotopic (exact) mass is 420 g/mol. The van der Waals surface area contributed by atoms with E-state index in [9.17, 15) is 4.39 Å². The summed E-state index contributed by atoms with van der Waals surface area (Å²) in [4.78, 5) is 4.47. The van der Waals surface area contributed by atoms with Crippen molar-refractivity contribution in [1.82, 2.24) is 25.2 Å². The van der Waals surface area contributed by atoms with Gasteiger partial charge in [-0.05, 0) is 45.6 Å². The van der Waals surface area contributed by atoms with Crippen molar-refractivity contribution < 1.29 is 4.39 Å². The first-order chi connectivity index (χ1) is 13.1. The summed E-state index contributed by atoms with van der Waals surface area (Å²) < 4.78 is 14.9. The van der Waals surface area contributed by atoms with Crippen molar-refractivity contribution in [1.29, 1.82) is 0 Å². The normalized spacial score (nSPS) is 10.9. The van der Waals surface area contributed by atoms with Gasteiger partial charge in [0, 0.05) is 23.7 Å². The lowest BCUT2D eigenvalue weighted by Crippen LogP contribution is -2.09.